The lowest BCUT2D eigenvalue weighted by atomic mass is 10.3. The fourth-order valence-corrected chi connectivity index (χ4v) is 0.873. The van der Waals surface area contributed by atoms with Crippen molar-refractivity contribution in [1.29, 1.82) is 0 Å². The van der Waals surface area contributed by atoms with Gasteiger partial charge >= 0.3 is 0 Å². The van der Waals surface area contributed by atoms with Crippen molar-refractivity contribution in [3.8, 4) is 5.75 Å². The first-order chi connectivity index (χ1) is 5.74. The van der Waals surface area contributed by atoms with Gasteiger partial charge in [-0.15, -0.1) is 0 Å². The van der Waals surface area contributed by atoms with Crippen molar-refractivity contribution in [2.45, 2.75) is 0 Å². The number of rotatable bonds is 3. The van der Waals surface area contributed by atoms with Crippen LogP contribution in [0, 0.1) is 5.82 Å². The van der Waals surface area contributed by atoms with Crippen LogP contribution in [0.5, 0.6) is 5.75 Å². The smallest absolute Gasteiger partial charge is 0.188 e. The highest BCUT2D eigenvalue weighted by molar-refractivity contribution is 6.30. The average Bonchev–Trinajstić information content (AvgIpc) is 2.03. The summed E-state index contributed by atoms with van der Waals surface area (Å²) in [4.78, 5) is 0. The second kappa shape index (κ2) is 4.28. The predicted molar refractivity (Wildman–Crippen MR) is 43.9 cm³/mol. The molecule has 0 saturated heterocycles. The quantitative estimate of drug-likeness (QED) is 0.682. The molecule has 66 valence electrons. The molecule has 0 N–H and O–H groups in total. The lowest BCUT2D eigenvalue weighted by Crippen LogP contribution is -2.00. The Labute approximate surface area is 74.9 Å². The number of benzene rings is 1. The monoisotopic (exact) mass is 190 g/mol. The summed E-state index contributed by atoms with van der Waals surface area (Å²) in [5.74, 6) is -0.346. The van der Waals surface area contributed by atoms with Gasteiger partial charge in [-0.3, -0.25) is 0 Å². The van der Waals surface area contributed by atoms with Crippen LogP contribution in [0.4, 0.5) is 4.39 Å². The van der Waals surface area contributed by atoms with Gasteiger partial charge in [0.2, 0.25) is 0 Å². The third kappa shape index (κ3) is 2.36. The first-order valence-electron chi connectivity index (χ1n) is 3.31. The van der Waals surface area contributed by atoms with Gasteiger partial charge in [0.25, 0.3) is 0 Å². The molecule has 0 unspecified atom stereocenters. The Morgan fingerprint density at radius 2 is 2.25 bits per heavy atom. The molecule has 1 aromatic carbocycles. The van der Waals surface area contributed by atoms with Crippen LogP contribution in [0.3, 0.4) is 0 Å². The van der Waals surface area contributed by atoms with Crippen LogP contribution in [0.1, 0.15) is 0 Å². The lowest BCUT2D eigenvalue weighted by Gasteiger charge is -2.04. The first-order valence-corrected chi connectivity index (χ1v) is 3.68. The van der Waals surface area contributed by atoms with Gasteiger partial charge in [-0.25, -0.2) is 4.39 Å². The molecule has 4 heteroatoms. The summed E-state index contributed by atoms with van der Waals surface area (Å²) in [6, 6.07) is 4.19. The number of ether oxygens (including phenoxy) is 2. The summed E-state index contributed by atoms with van der Waals surface area (Å²) in [6.45, 7) is 0.0263. The summed E-state index contributed by atoms with van der Waals surface area (Å²) in [5, 5.41) is 0.345. The molecule has 0 spiro atoms. The van der Waals surface area contributed by atoms with Crippen LogP contribution in [0.25, 0.3) is 0 Å². The molecule has 2 nitrogen and oxygen atoms in total. The van der Waals surface area contributed by atoms with Crippen LogP contribution >= 0.6 is 11.6 Å². The van der Waals surface area contributed by atoms with E-state index in [1.165, 1.54) is 19.2 Å². The molecule has 0 aliphatic carbocycles. The molecule has 12 heavy (non-hydrogen) atoms. The van der Waals surface area contributed by atoms with E-state index in [9.17, 15) is 4.39 Å². The Morgan fingerprint density at radius 1 is 1.50 bits per heavy atom. The van der Waals surface area contributed by atoms with E-state index in [4.69, 9.17) is 16.3 Å². The Bertz CT molecular complexity index is 265. The maximum absolute atomic E-state index is 12.9. The Kier molecular flexibility index (Phi) is 3.31. The lowest BCUT2D eigenvalue weighted by molar-refractivity contribution is 0.0483. The van der Waals surface area contributed by atoms with Gasteiger partial charge < -0.3 is 9.47 Å². The summed E-state index contributed by atoms with van der Waals surface area (Å²) < 4.78 is 22.4. The zero-order chi connectivity index (χ0) is 8.97. The van der Waals surface area contributed by atoms with E-state index in [-0.39, 0.29) is 12.5 Å². The summed E-state index contributed by atoms with van der Waals surface area (Å²) >= 11 is 5.52. The van der Waals surface area contributed by atoms with Gasteiger partial charge in [0.05, 0.1) is 0 Å². The number of hydrogen-bond acceptors (Lipinski definition) is 2. The van der Waals surface area contributed by atoms with Gasteiger partial charge in [-0.1, -0.05) is 11.6 Å². The minimum Gasteiger partial charge on any atom is -0.464 e. The van der Waals surface area contributed by atoms with E-state index in [1.807, 2.05) is 0 Å². The first kappa shape index (κ1) is 9.29. The van der Waals surface area contributed by atoms with Gasteiger partial charge in [0.1, 0.15) is 0 Å². The molecule has 0 radical (unpaired) electrons. The Morgan fingerprint density at radius 3 is 2.83 bits per heavy atom. The van der Waals surface area contributed by atoms with Gasteiger partial charge in [0.15, 0.2) is 18.4 Å². The van der Waals surface area contributed by atoms with Crippen LogP contribution in [-0.4, -0.2) is 13.9 Å². The molecular weight excluding hydrogens is 183 g/mol. The van der Waals surface area contributed by atoms with Crippen molar-refractivity contribution in [3.05, 3.63) is 29.0 Å². The predicted octanol–water partition coefficient (Wildman–Crippen LogP) is 2.46. The van der Waals surface area contributed by atoms with Crippen molar-refractivity contribution in [2.24, 2.45) is 0 Å². The normalized spacial score (nSPS) is 9.92. The standard InChI is InChI=1S/C8H8ClFO2/c1-11-5-12-8-3-2-6(9)4-7(8)10/h2-4H,5H2,1H3. The molecule has 0 aliphatic heterocycles. The molecule has 0 saturated carbocycles. The summed E-state index contributed by atoms with van der Waals surface area (Å²) in [5.41, 5.74) is 0. The van der Waals surface area contributed by atoms with E-state index in [0.717, 1.165) is 0 Å². The third-order valence-corrected chi connectivity index (χ3v) is 1.46. The Balaban J connectivity index is 2.72. The summed E-state index contributed by atoms with van der Waals surface area (Å²) in [6.07, 6.45) is 0. The molecule has 0 aliphatic rings. The molecule has 0 bridgehead atoms. The van der Waals surface area contributed by atoms with Gasteiger partial charge in [0, 0.05) is 12.1 Å². The molecule has 1 aromatic rings. The zero-order valence-corrected chi connectivity index (χ0v) is 7.27. The number of halogens is 2. The molecule has 0 heterocycles. The fourth-order valence-electron chi connectivity index (χ4n) is 0.715. The minimum absolute atomic E-state index is 0.0263. The van der Waals surface area contributed by atoms with Crippen LogP contribution in [0.15, 0.2) is 18.2 Å². The molecular formula is C8H8ClFO2. The van der Waals surface area contributed by atoms with Crippen molar-refractivity contribution in [2.75, 3.05) is 13.9 Å². The SMILES string of the molecule is COCOc1ccc(Cl)cc1F. The van der Waals surface area contributed by atoms with Gasteiger partial charge in [-0.05, 0) is 18.2 Å². The number of hydrogen-bond donors (Lipinski definition) is 0. The third-order valence-electron chi connectivity index (χ3n) is 1.23. The van der Waals surface area contributed by atoms with E-state index >= 15 is 0 Å². The van der Waals surface area contributed by atoms with E-state index in [2.05, 4.69) is 4.74 Å². The second-order valence-electron chi connectivity index (χ2n) is 2.13. The van der Waals surface area contributed by atoms with Crippen LogP contribution in [0.2, 0.25) is 5.02 Å². The van der Waals surface area contributed by atoms with Crippen molar-refractivity contribution in [1.82, 2.24) is 0 Å². The van der Waals surface area contributed by atoms with Crippen LogP contribution < -0.4 is 4.74 Å². The molecule has 1 rings (SSSR count). The van der Waals surface area contributed by atoms with E-state index in [0.29, 0.717) is 5.02 Å². The van der Waals surface area contributed by atoms with Crippen molar-refractivity contribution in [3.63, 3.8) is 0 Å². The highest BCUT2D eigenvalue weighted by Gasteiger charge is 2.02. The van der Waals surface area contributed by atoms with Gasteiger partial charge in [-0.2, -0.15) is 0 Å². The van der Waals surface area contributed by atoms with E-state index < -0.39 is 5.82 Å². The fraction of sp³-hybridized carbons (Fsp3) is 0.250. The highest BCUT2D eigenvalue weighted by atomic mass is 35.5. The second-order valence-corrected chi connectivity index (χ2v) is 2.56. The van der Waals surface area contributed by atoms with Crippen molar-refractivity contribution < 1.29 is 13.9 Å². The molecule has 0 aromatic heterocycles. The van der Waals surface area contributed by atoms with Crippen LogP contribution in [-0.2, 0) is 4.74 Å². The molecule has 0 amide bonds. The largest absolute Gasteiger partial charge is 0.464 e. The summed E-state index contributed by atoms with van der Waals surface area (Å²) in [7, 11) is 1.47. The Hall–Kier alpha value is -0.800. The van der Waals surface area contributed by atoms with Crippen molar-refractivity contribution >= 4 is 11.6 Å². The average molecular weight is 191 g/mol. The molecule has 0 fully saturated rings. The minimum atomic E-state index is -0.487. The molecule has 0 atom stereocenters. The number of methoxy groups -OCH3 is 1. The van der Waals surface area contributed by atoms with E-state index in [1.54, 1.807) is 6.07 Å². The zero-order valence-electron chi connectivity index (χ0n) is 6.51. The highest BCUT2D eigenvalue weighted by Crippen LogP contribution is 2.20. The topological polar surface area (TPSA) is 18.5 Å². The maximum Gasteiger partial charge on any atom is 0.188 e. The maximum atomic E-state index is 12.9.